The minimum atomic E-state index is -0.150. The molecule has 96 valence electrons. The second-order valence-electron chi connectivity index (χ2n) is 6.37. The van der Waals surface area contributed by atoms with Crippen molar-refractivity contribution in [3.05, 3.63) is 0 Å². The second-order valence-corrected chi connectivity index (χ2v) is 6.37. The van der Waals surface area contributed by atoms with Crippen LogP contribution in [0.5, 0.6) is 0 Å². The summed E-state index contributed by atoms with van der Waals surface area (Å²) < 4.78 is 4.80. The standard InChI is InChI=1S/C14H23NO2/c1-8(14(16)17-2)15-13-11-4-9-3-10(6-11)7-12(13)5-9/h8-13,15H,3-7H2,1-2H3/t8-,9?,10?,11?,12?,13?/m0/s1. The summed E-state index contributed by atoms with van der Waals surface area (Å²) in [7, 11) is 1.47. The first-order chi connectivity index (χ1) is 8.17. The van der Waals surface area contributed by atoms with E-state index in [0.717, 1.165) is 23.7 Å². The summed E-state index contributed by atoms with van der Waals surface area (Å²) in [6.45, 7) is 1.93. The van der Waals surface area contributed by atoms with Crippen molar-refractivity contribution in [2.75, 3.05) is 7.11 Å². The van der Waals surface area contributed by atoms with Gasteiger partial charge in [-0.3, -0.25) is 4.79 Å². The summed E-state index contributed by atoms with van der Waals surface area (Å²) in [5, 5.41) is 3.54. The highest BCUT2D eigenvalue weighted by molar-refractivity contribution is 5.75. The molecule has 3 heteroatoms. The predicted molar refractivity (Wildman–Crippen MR) is 65.4 cm³/mol. The molecule has 0 aromatic heterocycles. The number of carbonyl (C=O) groups is 1. The average molecular weight is 237 g/mol. The van der Waals surface area contributed by atoms with Crippen molar-refractivity contribution >= 4 is 5.97 Å². The van der Waals surface area contributed by atoms with Crippen molar-refractivity contribution in [1.29, 1.82) is 0 Å². The largest absolute Gasteiger partial charge is 0.468 e. The minimum Gasteiger partial charge on any atom is -0.468 e. The molecule has 1 N–H and O–H groups in total. The van der Waals surface area contributed by atoms with Gasteiger partial charge in [0.25, 0.3) is 0 Å². The molecule has 0 unspecified atom stereocenters. The zero-order valence-corrected chi connectivity index (χ0v) is 10.8. The average Bonchev–Trinajstić information content (AvgIpc) is 2.31. The van der Waals surface area contributed by atoms with E-state index in [4.69, 9.17) is 4.74 Å². The Labute approximate surface area is 103 Å². The molecule has 0 heterocycles. The SMILES string of the molecule is COC(=O)[C@H](C)NC1C2CC3CC(C2)CC1C3. The van der Waals surface area contributed by atoms with Crippen molar-refractivity contribution < 1.29 is 9.53 Å². The minimum absolute atomic E-state index is 0.126. The molecule has 4 rings (SSSR count). The third-order valence-electron chi connectivity index (χ3n) is 5.22. The number of hydrogen-bond acceptors (Lipinski definition) is 3. The van der Waals surface area contributed by atoms with Crippen molar-refractivity contribution in [2.24, 2.45) is 23.7 Å². The highest BCUT2D eigenvalue weighted by atomic mass is 16.5. The molecule has 1 atom stereocenters. The number of rotatable bonds is 3. The number of hydrogen-bond donors (Lipinski definition) is 1. The van der Waals surface area contributed by atoms with E-state index in [2.05, 4.69) is 5.32 Å². The van der Waals surface area contributed by atoms with Crippen LogP contribution < -0.4 is 5.32 Å². The Morgan fingerprint density at radius 3 is 2.12 bits per heavy atom. The maximum Gasteiger partial charge on any atom is 0.322 e. The van der Waals surface area contributed by atoms with Crippen molar-refractivity contribution in [3.63, 3.8) is 0 Å². The van der Waals surface area contributed by atoms with E-state index < -0.39 is 0 Å². The third-order valence-corrected chi connectivity index (χ3v) is 5.22. The molecule has 0 radical (unpaired) electrons. The van der Waals surface area contributed by atoms with E-state index in [9.17, 15) is 4.79 Å². The summed E-state index contributed by atoms with van der Waals surface area (Å²) in [5.74, 6) is 3.49. The van der Waals surface area contributed by atoms with Gasteiger partial charge in [0, 0.05) is 6.04 Å². The summed E-state index contributed by atoms with van der Waals surface area (Å²) >= 11 is 0. The van der Waals surface area contributed by atoms with Crippen LogP contribution in [0.15, 0.2) is 0 Å². The van der Waals surface area contributed by atoms with Crippen LogP contribution in [0.25, 0.3) is 0 Å². The molecular formula is C14H23NO2. The molecule has 4 aliphatic rings. The molecule has 0 aliphatic heterocycles. The molecule has 4 fully saturated rings. The lowest BCUT2D eigenvalue weighted by Gasteiger charge is -2.55. The Hall–Kier alpha value is -0.570. The van der Waals surface area contributed by atoms with Gasteiger partial charge in [-0.2, -0.15) is 0 Å². The van der Waals surface area contributed by atoms with Gasteiger partial charge < -0.3 is 10.1 Å². The molecule has 0 spiro atoms. The monoisotopic (exact) mass is 237 g/mol. The topological polar surface area (TPSA) is 38.3 Å². The van der Waals surface area contributed by atoms with Crippen LogP contribution in [-0.2, 0) is 9.53 Å². The molecule has 0 aromatic carbocycles. The molecule has 0 aromatic rings. The number of nitrogens with one attached hydrogen (secondary N) is 1. The smallest absolute Gasteiger partial charge is 0.322 e. The summed E-state index contributed by atoms with van der Waals surface area (Å²) in [4.78, 5) is 11.5. The Bertz CT molecular complexity index is 287. The van der Waals surface area contributed by atoms with E-state index in [1.807, 2.05) is 6.92 Å². The number of methoxy groups -OCH3 is 1. The quantitative estimate of drug-likeness (QED) is 0.763. The lowest BCUT2D eigenvalue weighted by atomic mass is 9.54. The lowest BCUT2D eigenvalue weighted by molar-refractivity contribution is -0.143. The van der Waals surface area contributed by atoms with Gasteiger partial charge in [-0.05, 0) is 62.7 Å². The molecular weight excluding hydrogens is 214 g/mol. The molecule has 4 bridgehead atoms. The van der Waals surface area contributed by atoms with Crippen molar-refractivity contribution in [3.8, 4) is 0 Å². The molecule has 17 heavy (non-hydrogen) atoms. The van der Waals surface area contributed by atoms with Crippen LogP contribution in [-0.4, -0.2) is 25.2 Å². The first-order valence-corrected chi connectivity index (χ1v) is 7.01. The van der Waals surface area contributed by atoms with Crippen LogP contribution in [0.1, 0.15) is 39.0 Å². The van der Waals surface area contributed by atoms with Crippen molar-refractivity contribution in [2.45, 2.75) is 51.1 Å². The summed E-state index contributed by atoms with van der Waals surface area (Å²) in [5.41, 5.74) is 0. The van der Waals surface area contributed by atoms with Crippen LogP contribution in [0.4, 0.5) is 0 Å². The summed E-state index contributed by atoms with van der Waals surface area (Å²) in [6, 6.07) is 0.416. The highest BCUT2D eigenvalue weighted by Gasteiger charge is 2.48. The van der Waals surface area contributed by atoms with E-state index in [1.165, 1.54) is 39.2 Å². The Kier molecular flexibility index (Phi) is 2.89. The Morgan fingerprint density at radius 1 is 1.12 bits per heavy atom. The fraction of sp³-hybridized carbons (Fsp3) is 0.929. The van der Waals surface area contributed by atoms with Gasteiger partial charge in [-0.25, -0.2) is 0 Å². The van der Waals surface area contributed by atoms with E-state index in [-0.39, 0.29) is 12.0 Å². The lowest BCUT2D eigenvalue weighted by Crippen LogP contribution is -2.57. The van der Waals surface area contributed by atoms with Crippen LogP contribution in [0.2, 0.25) is 0 Å². The fourth-order valence-electron chi connectivity index (χ4n) is 4.73. The van der Waals surface area contributed by atoms with Gasteiger partial charge in [-0.1, -0.05) is 0 Å². The van der Waals surface area contributed by atoms with E-state index in [0.29, 0.717) is 6.04 Å². The molecule has 0 amide bonds. The Morgan fingerprint density at radius 2 is 1.65 bits per heavy atom. The third kappa shape index (κ3) is 1.99. The van der Waals surface area contributed by atoms with E-state index >= 15 is 0 Å². The fourth-order valence-corrected chi connectivity index (χ4v) is 4.73. The zero-order chi connectivity index (χ0) is 12.0. The maximum absolute atomic E-state index is 11.5. The molecule has 0 saturated heterocycles. The predicted octanol–water partition coefficient (Wildman–Crippen LogP) is 1.96. The number of esters is 1. The van der Waals surface area contributed by atoms with Crippen LogP contribution in [0, 0.1) is 23.7 Å². The van der Waals surface area contributed by atoms with Gasteiger partial charge in [0.05, 0.1) is 7.11 Å². The number of ether oxygens (including phenoxy) is 1. The van der Waals surface area contributed by atoms with Crippen LogP contribution in [0.3, 0.4) is 0 Å². The van der Waals surface area contributed by atoms with Gasteiger partial charge in [0.15, 0.2) is 0 Å². The van der Waals surface area contributed by atoms with E-state index in [1.54, 1.807) is 0 Å². The number of carbonyl (C=O) groups excluding carboxylic acids is 1. The van der Waals surface area contributed by atoms with Crippen LogP contribution >= 0.6 is 0 Å². The molecule has 3 nitrogen and oxygen atoms in total. The Balaban J connectivity index is 1.66. The first kappa shape index (κ1) is 11.5. The van der Waals surface area contributed by atoms with Gasteiger partial charge in [0.2, 0.25) is 0 Å². The zero-order valence-electron chi connectivity index (χ0n) is 10.8. The molecule has 4 aliphatic carbocycles. The summed E-state index contributed by atoms with van der Waals surface area (Å²) in [6.07, 6.45) is 7.03. The molecule has 4 saturated carbocycles. The second kappa shape index (κ2) is 4.27. The van der Waals surface area contributed by atoms with Gasteiger partial charge >= 0.3 is 5.97 Å². The van der Waals surface area contributed by atoms with Gasteiger partial charge in [-0.15, -0.1) is 0 Å². The first-order valence-electron chi connectivity index (χ1n) is 7.01. The maximum atomic E-state index is 11.5. The van der Waals surface area contributed by atoms with Crippen molar-refractivity contribution in [1.82, 2.24) is 5.32 Å². The van der Waals surface area contributed by atoms with Gasteiger partial charge in [0.1, 0.15) is 6.04 Å². The highest BCUT2D eigenvalue weighted by Crippen LogP contribution is 2.53. The normalized spacial score (nSPS) is 44.7.